The summed E-state index contributed by atoms with van der Waals surface area (Å²) >= 11 is 0. The van der Waals surface area contributed by atoms with Crippen LogP contribution in [0.4, 0.5) is 0 Å². The molecule has 4 nitrogen and oxygen atoms in total. The van der Waals surface area contributed by atoms with Gasteiger partial charge in [0, 0.05) is 5.56 Å². The number of hydrogen-bond donors (Lipinski definition) is 1. The zero-order valence-electron chi connectivity index (χ0n) is 12.7. The number of para-hydroxylation sites is 2. The van der Waals surface area contributed by atoms with Crippen molar-refractivity contribution in [3.63, 3.8) is 0 Å². The van der Waals surface area contributed by atoms with E-state index in [1.807, 2.05) is 66.9 Å². The lowest BCUT2D eigenvalue weighted by Gasteiger charge is -2.16. The number of aromatic nitrogens is 2. The zero-order valence-corrected chi connectivity index (χ0v) is 12.7. The topological polar surface area (TPSA) is 55.1 Å². The Bertz CT molecular complexity index is 819. The number of aryl methyl sites for hydroxylation is 1. The van der Waals surface area contributed by atoms with Crippen LogP contribution in [0.5, 0.6) is 0 Å². The Hall–Kier alpha value is -2.62. The summed E-state index contributed by atoms with van der Waals surface area (Å²) in [5, 5.41) is 9.57. The van der Waals surface area contributed by atoms with Crippen molar-refractivity contribution in [3.8, 4) is 11.4 Å². The summed E-state index contributed by atoms with van der Waals surface area (Å²) in [4.78, 5) is 16.3. The van der Waals surface area contributed by atoms with Gasteiger partial charge in [0.1, 0.15) is 11.9 Å². The fourth-order valence-corrected chi connectivity index (χ4v) is 2.73. The third kappa shape index (κ3) is 2.37. The maximum absolute atomic E-state index is 11.7. The molecule has 3 rings (SSSR count). The Morgan fingerprint density at radius 1 is 1.18 bits per heavy atom. The largest absolute Gasteiger partial charge is 0.480 e. The van der Waals surface area contributed by atoms with Crippen LogP contribution in [0.25, 0.3) is 22.4 Å². The van der Waals surface area contributed by atoms with Crippen LogP contribution in [0, 0.1) is 6.92 Å². The van der Waals surface area contributed by atoms with E-state index in [4.69, 9.17) is 0 Å². The number of hydrogen-bond acceptors (Lipinski definition) is 2. The first kappa shape index (κ1) is 14.3. The third-order valence-electron chi connectivity index (χ3n) is 3.89. The first-order chi connectivity index (χ1) is 10.6. The highest BCUT2D eigenvalue weighted by atomic mass is 16.4. The van der Waals surface area contributed by atoms with Crippen molar-refractivity contribution >= 4 is 17.0 Å². The number of aliphatic carboxylic acids is 1. The van der Waals surface area contributed by atoms with E-state index in [-0.39, 0.29) is 0 Å². The SMILES string of the molecule is CCC(C(=O)O)n1c(-c2ccc(C)cc2)nc2ccccc21. The monoisotopic (exact) mass is 294 g/mol. The Kier molecular flexibility index (Phi) is 3.67. The number of imidazole rings is 1. The summed E-state index contributed by atoms with van der Waals surface area (Å²) in [6, 6.07) is 15.0. The molecule has 1 aromatic heterocycles. The second kappa shape index (κ2) is 5.64. The third-order valence-corrected chi connectivity index (χ3v) is 3.89. The quantitative estimate of drug-likeness (QED) is 0.790. The van der Waals surface area contributed by atoms with Crippen molar-refractivity contribution in [1.29, 1.82) is 0 Å². The van der Waals surface area contributed by atoms with Crippen LogP contribution in [-0.4, -0.2) is 20.6 Å². The van der Waals surface area contributed by atoms with E-state index in [2.05, 4.69) is 4.98 Å². The van der Waals surface area contributed by atoms with E-state index < -0.39 is 12.0 Å². The highest BCUT2D eigenvalue weighted by Crippen LogP contribution is 2.30. The Morgan fingerprint density at radius 2 is 1.86 bits per heavy atom. The summed E-state index contributed by atoms with van der Waals surface area (Å²) in [7, 11) is 0. The Balaban J connectivity index is 2.29. The van der Waals surface area contributed by atoms with Gasteiger partial charge in [0.05, 0.1) is 11.0 Å². The minimum absolute atomic E-state index is 0.508. The molecule has 0 radical (unpaired) electrons. The number of nitrogens with zero attached hydrogens (tertiary/aromatic N) is 2. The van der Waals surface area contributed by atoms with Crippen LogP contribution >= 0.6 is 0 Å². The molecular formula is C18H18N2O2. The highest BCUT2D eigenvalue weighted by Gasteiger charge is 2.24. The molecule has 4 heteroatoms. The molecule has 3 aromatic rings. The fourth-order valence-electron chi connectivity index (χ4n) is 2.73. The van der Waals surface area contributed by atoms with Gasteiger partial charge in [0.2, 0.25) is 0 Å². The van der Waals surface area contributed by atoms with Crippen molar-refractivity contribution in [3.05, 3.63) is 54.1 Å². The van der Waals surface area contributed by atoms with Gasteiger partial charge in [-0.15, -0.1) is 0 Å². The van der Waals surface area contributed by atoms with Crippen LogP contribution in [0.3, 0.4) is 0 Å². The predicted molar refractivity (Wildman–Crippen MR) is 86.9 cm³/mol. The normalized spacial score (nSPS) is 12.5. The van der Waals surface area contributed by atoms with Crippen LogP contribution in [0.15, 0.2) is 48.5 Å². The smallest absolute Gasteiger partial charge is 0.326 e. The maximum Gasteiger partial charge on any atom is 0.326 e. The molecule has 1 heterocycles. The molecule has 112 valence electrons. The molecule has 0 amide bonds. The lowest BCUT2D eigenvalue weighted by Crippen LogP contribution is -2.19. The van der Waals surface area contributed by atoms with E-state index in [1.165, 1.54) is 0 Å². The lowest BCUT2D eigenvalue weighted by molar-refractivity contribution is -0.140. The van der Waals surface area contributed by atoms with E-state index in [9.17, 15) is 9.90 Å². The molecule has 22 heavy (non-hydrogen) atoms. The molecule has 0 bridgehead atoms. The van der Waals surface area contributed by atoms with Gasteiger partial charge in [-0.3, -0.25) is 0 Å². The number of carbonyl (C=O) groups is 1. The molecule has 2 aromatic carbocycles. The number of rotatable bonds is 4. The minimum Gasteiger partial charge on any atom is -0.480 e. The maximum atomic E-state index is 11.7. The number of fused-ring (bicyclic) bond motifs is 1. The van der Waals surface area contributed by atoms with Crippen molar-refractivity contribution < 1.29 is 9.90 Å². The number of carboxylic acid groups (broad SMARTS) is 1. The molecular weight excluding hydrogens is 276 g/mol. The van der Waals surface area contributed by atoms with E-state index in [1.54, 1.807) is 0 Å². The van der Waals surface area contributed by atoms with Crippen LogP contribution in [-0.2, 0) is 4.79 Å². The second-order valence-electron chi connectivity index (χ2n) is 5.42. The lowest BCUT2D eigenvalue weighted by atomic mass is 10.1. The highest BCUT2D eigenvalue weighted by molar-refractivity contribution is 5.84. The predicted octanol–water partition coefficient (Wildman–Crippen LogP) is 4.05. The fraction of sp³-hybridized carbons (Fsp3) is 0.222. The van der Waals surface area contributed by atoms with Crippen LogP contribution < -0.4 is 0 Å². The minimum atomic E-state index is -0.834. The number of benzene rings is 2. The molecule has 0 aliphatic rings. The summed E-state index contributed by atoms with van der Waals surface area (Å²) < 4.78 is 1.84. The van der Waals surface area contributed by atoms with Gasteiger partial charge >= 0.3 is 5.97 Å². The molecule has 0 saturated heterocycles. The molecule has 0 aliphatic heterocycles. The summed E-state index contributed by atoms with van der Waals surface area (Å²) in [6.45, 7) is 3.91. The molecule has 1 atom stereocenters. The van der Waals surface area contributed by atoms with Gasteiger partial charge in [-0.05, 0) is 25.5 Å². The summed E-state index contributed by atoms with van der Waals surface area (Å²) in [5.41, 5.74) is 3.77. The van der Waals surface area contributed by atoms with Gasteiger partial charge in [-0.1, -0.05) is 48.9 Å². The van der Waals surface area contributed by atoms with Crippen LogP contribution in [0.2, 0.25) is 0 Å². The van der Waals surface area contributed by atoms with Crippen molar-refractivity contribution in [1.82, 2.24) is 9.55 Å². The number of carboxylic acids is 1. The van der Waals surface area contributed by atoms with Gasteiger partial charge < -0.3 is 9.67 Å². The van der Waals surface area contributed by atoms with Crippen molar-refractivity contribution in [2.24, 2.45) is 0 Å². The van der Waals surface area contributed by atoms with Gasteiger partial charge in [0.25, 0.3) is 0 Å². The molecule has 1 unspecified atom stereocenters. The summed E-state index contributed by atoms with van der Waals surface area (Å²) in [5.74, 6) is -0.130. The van der Waals surface area contributed by atoms with E-state index in [0.29, 0.717) is 12.2 Å². The van der Waals surface area contributed by atoms with E-state index in [0.717, 1.165) is 22.2 Å². The molecule has 0 fully saturated rings. The van der Waals surface area contributed by atoms with Gasteiger partial charge in [0.15, 0.2) is 0 Å². The molecule has 0 spiro atoms. The van der Waals surface area contributed by atoms with E-state index >= 15 is 0 Å². The standard InChI is InChI=1S/C18H18N2O2/c1-3-15(18(21)22)20-16-7-5-4-6-14(16)19-17(20)13-10-8-12(2)9-11-13/h4-11,15H,3H2,1-2H3,(H,21,22). The zero-order chi connectivity index (χ0) is 15.7. The second-order valence-corrected chi connectivity index (χ2v) is 5.42. The molecule has 1 N–H and O–H groups in total. The van der Waals surface area contributed by atoms with Crippen LogP contribution in [0.1, 0.15) is 24.9 Å². The first-order valence-corrected chi connectivity index (χ1v) is 7.38. The first-order valence-electron chi connectivity index (χ1n) is 7.38. The average Bonchev–Trinajstić information content (AvgIpc) is 2.88. The Labute approximate surface area is 129 Å². The van der Waals surface area contributed by atoms with Gasteiger partial charge in [-0.2, -0.15) is 0 Å². The molecule has 0 aliphatic carbocycles. The average molecular weight is 294 g/mol. The van der Waals surface area contributed by atoms with Crippen molar-refractivity contribution in [2.75, 3.05) is 0 Å². The Morgan fingerprint density at radius 3 is 2.50 bits per heavy atom. The summed E-state index contributed by atoms with van der Waals surface area (Å²) in [6.07, 6.45) is 0.508. The van der Waals surface area contributed by atoms with Crippen molar-refractivity contribution in [2.45, 2.75) is 26.3 Å². The molecule has 0 saturated carbocycles. The van der Waals surface area contributed by atoms with Gasteiger partial charge in [-0.25, -0.2) is 9.78 Å².